The Morgan fingerprint density at radius 3 is 2.70 bits per heavy atom. The van der Waals surface area contributed by atoms with Crippen LogP contribution in [-0.2, 0) is 19.7 Å². The lowest BCUT2D eigenvalue weighted by Crippen LogP contribution is -2.63. The molecule has 4 rings (SSSR count). The van der Waals surface area contributed by atoms with Crippen LogP contribution in [0.25, 0.3) is 0 Å². The summed E-state index contributed by atoms with van der Waals surface area (Å²) in [5.74, 6) is 0.148. The van der Waals surface area contributed by atoms with E-state index in [0.29, 0.717) is 43.9 Å². The van der Waals surface area contributed by atoms with Crippen molar-refractivity contribution in [3.8, 4) is 0 Å². The molecule has 2 amide bonds. The number of anilines is 1. The predicted octanol–water partition coefficient (Wildman–Crippen LogP) is 1.52. The van der Waals surface area contributed by atoms with Crippen LogP contribution in [0.4, 0.5) is 5.69 Å². The Balaban J connectivity index is 0.00000256. The number of hydrogen-bond acceptors (Lipinski definition) is 5. The van der Waals surface area contributed by atoms with Crippen molar-refractivity contribution >= 4 is 41.5 Å². The number of carbonyl (C=O) groups is 2. The van der Waals surface area contributed by atoms with Crippen molar-refractivity contribution in [2.45, 2.75) is 31.3 Å². The highest BCUT2D eigenvalue weighted by Gasteiger charge is 2.53. The molecule has 3 heterocycles. The molecule has 3 aliphatic heterocycles. The summed E-state index contributed by atoms with van der Waals surface area (Å²) in [5, 5.41) is 4.08. The van der Waals surface area contributed by atoms with Gasteiger partial charge in [0, 0.05) is 69.6 Å². The number of rotatable bonds is 4. The monoisotopic (exact) mass is 456 g/mol. The molecule has 0 bridgehead atoms. The van der Waals surface area contributed by atoms with Crippen LogP contribution in [0, 0.1) is 0 Å². The molecule has 0 aliphatic carbocycles. The maximum atomic E-state index is 13.4. The Morgan fingerprint density at radius 2 is 2.03 bits per heavy atom. The van der Waals surface area contributed by atoms with Gasteiger partial charge in [0.05, 0.1) is 18.6 Å². The predicted molar refractivity (Wildman–Crippen MR) is 120 cm³/mol. The van der Waals surface area contributed by atoms with Crippen LogP contribution in [0.3, 0.4) is 0 Å². The molecule has 2 atom stereocenters. The van der Waals surface area contributed by atoms with Gasteiger partial charge in [0.2, 0.25) is 11.8 Å². The smallest absolute Gasteiger partial charge is 0.241 e. The first-order valence-electron chi connectivity index (χ1n) is 10.2. The topological polar surface area (TPSA) is 65.1 Å². The van der Waals surface area contributed by atoms with E-state index in [4.69, 9.17) is 16.3 Å². The first kappa shape index (κ1) is 23.3. The molecule has 0 aromatic heterocycles. The van der Waals surface area contributed by atoms with Gasteiger partial charge in [-0.3, -0.25) is 14.5 Å². The van der Waals surface area contributed by atoms with Crippen molar-refractivity contribution in [1.29, 1.82) is 0 Å². The fourth-order valence-corrected chi connectivity index (χ4v) is 5.06. The fraction of sp³-hybridized carbons (Fsp3) is 0.619. The lowest BCUT2D eigenvalue weighted by atomic mass is 9.75. The number of carbonyl (C=O) groups excluding carboxylic acids is 2. The standard InChI is InChI=1S/C21H29ClN4O3.ClH/c1-14-8-24(17(7-23-14)10-29-3)9-20(28)26-13-21(11-25(12-21)15(2)27)18-5-4-16(22)6-19(18)26;/h4-6,14,17,23H,7-13H2,1-3H3;1H/t14-,17-;/m1./s1. The highest BCUT2D eigenvalue weighted by atomic mass is 35.5. The molecule has 2 fully saturated rings. The number of benzene rings is 1. The van der Waals surface area contributed by atoms with Gasteiger partial charge >= 0.3 is 0 Å². The Hall–Kier alpha value is -1.38. The van der Waals surface area contributed by atoms with Gasteiger partial charge in [-0.25, -0.2) is 0 Å². The lowest BCUT2D eigenvalue weighted by Gasteiger charge is -2.48. The van der Waals surface area contributed by atoms with Crippen LogP contribution in [0.2, 0.25) is 5.02 Å². The van der Waals surface area contributed by atoms with Gasteiger partial charge < -0.3 is 19.9 Å². The van der Waals surface area contributed by atoms with Gasteiger partial charge in [0.25, 0.3) is 0 Å². The van der Waals surface area contributed by atoms with Gasteiger partial charge in [-0.2, -0.15) is 0 Å². The molecule has 2 saturated heterocycles. The second kappa shape index (κ2) is 9.01. The van der Waals surface area contributed by atoms with Crippen molar-refractivity contribution in [3.05, 3.63) is 28.8 Å². The van der Waals surface area contributed by atoms with E-state index >= 15 is 0 Å². The first-order valence-corrected chi connectivity index (χ1v) is 10.5. The fourth-order valence-electron chi connectivity index (χ4n) is 4.89. The largest absolute Gasteiger partial charge is 0.383 e. The molecule has 1 N–H and O–H groups in total. The zero-order valence-electron chi connectivity index (χ0n) is 17.7. The summed E-state index contributed by atoms with van der Waals surface area (Å²) in [4.78, 5) is 31.0. The summed E-state index contributed by atoms with van der Waals surface area (Å²) >= 11 is 6.26. The van der Waals surface area contributed by atoms with Gasteiger partial charge in [-0.05, 0) is 24.6 Å². The van der Waals surface area contributed by atoms with Crippen LogP contribution in [0.5, 0.6) is 0 Å². The van der Waals surface area contributed by atoms with Crippen LogP contribution in [-0.4, -0.2) is 86.7 Å². The molecule has 0 radical (unpaired) electrons. The van der Waals surface area contributed by atoms with Crippen LogP contribution in [0.1, 0.15) is 19.4 Å². The lowest BCUT2D eigenvalue weighted by molar-refractivity contribution is -0.136. The Bertz CT molecular complexity index is 815. The van der Waals surface area contributed by atoms with Crippen LogP contribution in [0.15, 0.2) is 18.2 Å². The Kier molecular flexibility index (Phi) is 6.99. The van der Waals surface area contributed by atoms with E-state index < -0.39 is 0 Å². The minimum atomic E-state index is -0.177. The minimum absolute atomic E-state index is 0. The van der Waals surface area contributed by atoms with E-state index in [1.807, 2.05) is 28.0 Å². The van der Waals surface area contributed by atoms with E-state index in [0.717, 1.165) is 24.3 Å². The zero-order valence-corrected chi connectivity index (χ0v) is 19.3. The number of ether oxygens (including phenoxy) is 1. The van der Waals surface area contributed by atoms with Gasteiger partial charge in [0.15, 0.2) is 0 Å². The maximum absolute atomic E-state index is 13.4. The second-order valence-electron chi connectivity index (χ2n) is 8.64. The Morgan fingerprint density at radius 1 is 1.30 bits per heavy atom. The molecule has 166 valence electrons. The van der Waals surface area contributed by atoms with E-state index in [1.165, 1.54) is 0 Å². The van der Waals surface area contributed by atoms with Crippen LogP contribution >= 0.6 is 24.0 Å². The number of methoxy groups -OCH3 is 1. The highest BCUT2D eigenvalue weighted by molar-refractivity contribution is 6.31. The summed E-state index contributed by atoms with van der Waals surface area (Å²) in [6.45, 7) is 8.17. The summed E-state index contributed by atoms with van der Waals surface area (Å²) in [6.07, 6.45) is 0. The van der Waals surface area contributed by atoms with E-state index in [1.54, 1.807) is 14.0 Å². The number of piperazine rings is 1. The second-order valence-corrected chi connectivity index (χ2v) is 9.08. The first-order chi connectivity index (χ1) is 13.8. The van der Waals surface area contributed by atoms with Gasteiger partial charge in [0.1, 0.15) is 0 Å². The third-order valence-corrected chi connectivity index (χ3v) is 6.68. The normalized spacial score (nSPS) is 24.9. The number of halogens is 2. The molecule has 0 saturated carbocycles. The molecule has 7 nitrogen and oxygen atoms in total. The molecule has 9 heteroatoms. The van der Waals surface area contributed by atoms with Crippen molar-refractivity contribution < 1.29 is 14.3 Å². The molecule has 1 spiro atoms. The molecule has 30 heavy (non-hydrogen) atoms. The maximum Gasteiger partial charge on any atom is 0.241 e. The summed E-state index contributed by atoms with van der Waals surface area (Å²) in [5.41, 5.74) is 1.83. The third-order valence-electron chi connectivity index (χ3n) is 6.44. The molecule has 1 aromatic carbocycles. The minimum Gasteiger partial charge on any atom is -0.383 e. The van der Waals surface area contributed by atoms with E-state index in [-0.39, 0.29) is 35.7 Å². The summed E-state index contributed by atoms with van der Waals surface area (Å²) in [7, 11) is 1.69. The van der Waals surface area contributed by atoms with E-state index in [9.17, 15) is 9.59 Å². The quantitative estimate of drug-likeness (QED) is 0.743. The highest BCUT2D eigenvalue weighted by Crippen LogP contribution is 2.47. The Labute approximate surface area is 189 Å². The average Bonchev–Trinajstić information content (AvgIpc) is 2.97. The number of likely N-dealkylation sites (tertiary alicyclic amines) is 1. The van der Waals surface area contributed by atoms with Gasteiger partial charge in [-0.15, -0.1) is 12.4 Å². The molecule has 0 unspecified atom stereocenters. The number of hydrogen-bond donors (Lipinski definition) is 1. The average molecular weight is 457 g/mol. The van der Waals surface area contributed by atoms with E-state index in [2.05, 4.69) is 17.1 Å². The van der Waals surface area contributed by atoms with Crippen molar-refractivity contribution in [2.75, 3.05) is 57.9 Å². The SMILES string of the molecule is COC[C@H]1CN[C@H](C)CN1CC(=O)N1CC2(CN(C(C)=O)C2)c2ccc(Cl)cc21.Cl. The molecule has 1 aromatic rings. The third kappa shape index (κ3) is 4.18. The van der Waals surface area contributed by atoms with Crippen LogP contribution < -0.4 is 10.2 Å². The number of amides is 2. The number of fused-ring (bicyclic) bond motifs is 2. The summed E-state index contributed by atoms with van der Waals surface area (Å²) < 4.78 is 5.36. The van der Waals surface area contributed by atoms with Crippen molar-refractivity contribution in [1.82, 2.24) is 15.1 Å². The zero-order chi connectivity index (χ0) is 20.8. The van der Waals surface area contributed by atoms with Gasteiger partial charge in [-0.1, -0.05) is 17.7 Å². The summed E-state index contributed by atoms with van der Waals surface area (Å²) in [6, 6.07) is 6.28. The molecule has 3 aliphatic rings. The van der Waals surface area contributed by atoms with Crippen molar-refractivity contribution in [2.24, 2.45) is 0 Å². The van der Waals surface area contributed by atoms with Crippen molar-refractivity contribution in [3.63, 3.8) is 0 Å². The molecular formula is C21H30Cl2N4O3. The molecular weight excluding hydrogens is 427 g/mol. The number of nitrogens with one attached hydrogen (secondary N) is 1. The number of nitrogens with zero attached hydrogens (tertiary/aromatic N) is 3.